The van der Waals surface area contributed by atoms with Gasteiger partial charge in [0.2, 0.25) is 0 Å². The molecular weight excluding hydrogens is 292 g/mol. The summed E-state index contributed by atoms with van der Waals surface area (Å²) in [6, 6.07) is 2.47. The molecule has 0 aliphatic heterocycles. The number of hydrogen-bond donors (Lipinski definition) is 1. The summed E-state index contributed by atoms with van der Waals surface area (Å²) in [5, 5.41) is 13.0. The number of alkyl halides is 1. The van der Waals surface area contributed by atoms with Crippen LogP contribution in [0.25, 0.3) is 0 Å². The van der Waals surface area contributed by atoms with Crippen molar-refractivity contribution in [3.05, 3.63) is 28.0 Å². The van der Waals surface area contributed by atoms with Gasteiger partial charge < -0.3 is 9.73 Å². The standard InChI is InChI=1S/C10H11BrN2O4/c11-7(6-1-2-6)5-12-10(14)8-3-4-9(17-8)13(15)16/h3-4,6-7H,1-2,5H2,(H,12,14). The molecule has 1 unspecified atom stereocenters. The maximum absolute atomic E-state index is 11.6. The zero-order valence-corrected chi connectivity index (χ0v) is 10.5. The summed E-state index contributed by atoms with van der Waals surface area (Å²) in [5.41, 5.74) is 0. The lowest BCUT2D eigenvalue weighted by molar-refractivity contribution is -0.402. The van der Waals surface area contributed by atoms with Crippen molar-refractivity contribution in [3.8, 4) is 0 Å². The smallest absolute Gasteiger partial charge is 0.395 e. The van der Waals surface area contributed by atoms with Crippen LogP contribution in [-0.2, 0) is 0 Å². The Labute approximate surface area is 106 Å². The molecule has 1 saturated carbocycles. The summed E-state index contributed by atoms with van der Waals surface area (Å²) in [5.74, 6) is -0.260. The molecule has 1 atom stereocenters. The van der Waals surface area contributed by atoms with Crippen molar-refractivity contribution in [1.29, 1.82) is 0 Å². The largest absolute Gasteiger partial charge is 0.433 e. The summed E-state index contributed by atoms with van der Waals surface area (Å²) < 4.78 is 4.79. The highest BCUT2D eigenvalue weighted by atomic mass is 79.9. The highest BCUT2D eigenvalue weighted by Crippen LogP contribution is 2.36. The summed E-state index contributed by atoms with van der Waals surface area (Å²) in [4.78, 5) is 21.5. The minimum atomic E-state index is -0.672. The monoisotopic (exact) mass is 302 g/mol. The molecule has 1 aromatic heterocycles. The van der Waals surface area contributed by atoms with Crippen molar-refractivity contribution in [2.24, 2.45) is 5.92 Å². The average molecular weight is 303 g/mol. The summed E-state index contributed by atoms with van der Waals surface area (Å²) in [7, 11) is 0. The van der Waals surface area contributed by atoms with E-state index in [1.54, 1.807) is 0 Å². The van der Waals surface area contributed by atoms with E-state index in [0.29, 0.717) is 12.5 Å². The number of rotatable bonds is 5. The van der Waals surface area contributed by atoms with Crippen molar-refractivity contribution in [2.45, 2.75) is 17.7 Å². The molecule has 1 aliphatic rings. The van der Waals surface area contributed by atoms with E-state index in [-0.39, 0.29) is 10.6 Å². The number of furan rings is 1. The van der Waals surface area contributed by atoms with Crippen LogP contribution in [0.5, 0.6) is 0 Å². The van der Waals surface area contributed by atoms with Crippen LogP contribution in [0, 0.1) is 16.0 Å². The van der Waals surface area contributed by atoms with Gasteiger partial charge in [0, 0.05) is 11.4 Å². The molecule has 7 heteroatoms. The number of hydrogen-bond acceptors (Lipinski definition) is 4. The number of nitrogens with zero attached hydrogens (tertiary/aromatic N) is 1. The van der Waals surface area contributed by atoms with Gasteiger partial charge in [-0.2, -0.15) is 0 Å². The molecule has 2 rings (SSSR count). The predicted octanol–water partition coefficient (Wildman–Crippen LogP) is 2.09. The van der Waals surface area contributed by atoms with Gasteiger partial charge in [0.05, 0.1) is 6.07 Å². The topological polar surface area (TPSA) is 85.4 Å². The van der Waals surface area contributed by atoms with Crippen molar-refractivity contribution in [3.63, 3.8) is 0 Å². The highest BCUT2D eigenvalue weighted by Gasteiger charge is 2.29. The van der Waals surface area contributed by atoms with Gasteiger partial charge in [-0.1, -0.05) is 15.9 Å². The van der Waals surface area contributed by atoms with Gasteiger partial charge in [-0.05, 0) is 24.8 Å². The minimum absolute atomic E-state index is 0.0350. The number of nitro groups is 1. The predicted molar refractivity (Wildman–Crippen MR) is 63.1 cm³/mol. The number of carbonyl (C=O) groups excluding carboxylic acids is 1. The van der Waals surface area contributed by atoms with Gasteiger partial charge in [0.25, 0.3) is 5.91 Å². The second kappa shape index (κ2) is 4.87. The Morgan fingerprint density at radius 2 is 2.35 bits per heavy atom. The van der Waals surface area contributed by atoms with E-state index in [4.69, 9.17) is 4.42 Å². The van der Waals surface area contributed by atoms with Crippen LogP contribution in [-0.4, -0.2) is 22.2 Å². The van der Waals surface area contributed by atoms with Gasteiger partial charge in [-0.25, -0.2) is 0 Å². The lowest BCUT2D eigenvalue weighted by Crippen LogP contribution is -2.30. The molecule has 1 aliphatic carbocycles. The van der Waals surface area contributed by atoms with Crippen LogP contribution in [0.4, 0.5) is 5.88 Å². The summed E-state index contributed by atoms with van der Waals surface area (Å²) >= 11 is 3.48. The number of amides is 1. The minimum Gasteiger partial charge on any atom is -0.395 e. The summed E-state index contributed by atoms with van der Waals surface area (Å²) in [6.45, 7) is 0.498. The molecule has 17 heavy (non-hydrogen) atoms. The molecular formula is C10H11BrN2O4. The Hall–Kier alpha value is -1.37. The van der Waals surface area contributed by atoms with Crippen molar-refractivity contribution >= 4 is 27.7 Å². The Balaban J connectivity index is 1.87. The molecule has 1 N–H and O–H groups in total. The van der Waals surface area contributed by atoms with Crippen LogP contribution >= 0.6 is 15.9 Å². The SMILES string of the molecule is O=C(NCC(Br)C1CC1)c1ccc([N+](=O)[O-])o1. The fourth-order valence-corrected chi connectivity index (χ4v) is 2.14. The van der Waals surface area contributed by atoms with E-state index in [1.807, 2.05) is 0 Å². The van der Waals surface area contributed by atoms with Crippen LogP contribution in [0.3, 0.4) is 0 Å². The van der Waals surface area contributed by atoms with Crippen LogP contribution < -0.4 is 5.32 Å². The van der Waals surface area contributed by atoms with Gasteiger partial charge in [0.15, 0.2) is 5.76 Å². The number of carbonyl (C=O) groups is 1. The lowest BCUT2D eigenvalue weighted by Gasteiger charge is -2.08. The molecule has 6 nitrogen and oxygen atoms in total. The summed E-state index contributed by atoms with van der Waals surface area (Å²) in [6.07, 6.45) is 2.36. The normalized spacial score (nSPS) is 16.5. The maximum Gasteiger partial charge on any atom is 0.433 e. The number of halogens is 1. The second-order valence-corrected chi connectivity index (χ2v) is 5.13. The van der Waals surface area contributed by atoms with E-state index < -0.39 is 16.7 Å². The molecule has 1 aromatic rings. The maximum atomic E-state index is 11.6. The first kappa shape index (κ1) is 12.1. The third-order valence-electron chi connectivity index (χ3n) is 2.59. The van der Waals surface area contributed by atoms with Gasteiger partial charge in [-0.3, -0.25) is 14.9 Å². The van der Waals surface area contributed by atoms with Crippen molar-refractivity contribution in [2.75, 3.05) is 6.54 Å². The lowest BCUT2D eigenvalue weighted by atomic mass is 10.3. The molecule has 1 amide bonds. The average Bonchev–Trinajstić information content (AvgIpc) is 3.02. The van der Waals surface area contributed by atoms with E-state index >= 15 is 0 Å². The molecule has 0 aromatic carbocycles. The molecule has 1 heterocycles. The number of nitrogens with one attached hydrogen (secondary N) is 1. The molecule has 92 valence electrons. The van der Waals surface area contributed by atoms with E-state index in [0.717, 1.165) is 0 Å². The fourth-order valence-electron chi connectivity index (χ4n) is 1.45. The van der Waals surface area contributed by atoms with Crippen molar-refractivity contribution in [1.82, 2.24) is 5.32 Å². The van der Waals surface area contributed by atoms with Crippen LogP contribution in [0.1, 0.15) is 23.4 Å². The molecule has 0 saturated heterocycles. The van der Waals surface area contributed by atoms with Gasteiger partial charge in [0.1, 0.15) is 4.92 Å². The van der Waals surface area contributed by atoms with E-state index in [9.17, 15) is 14.9 Å². The quantitative estimate of drug-likeness (QED) is 0.513. The Morgan fingerprint density at radius 1 is 1.65 bits per heavy atom. The third-order valence-corrected chi connectivity index (χ3v) is 3.66. The first-order chi connectivity index (χ1) is 8.08. The van der Waals surface area contributed by atoms with Crippen LogP contribution in [0.15, 0.2) is 16.5 Å². The second-order valence-electron chi connectivity index (χ2n) is 3.96. The van der Waals surface area contributed by atoms with Crippen molar-refractivity contribution < 1.29 is 14.1 Å². The van der Waals surface area contributed by atoms with Gasteiger partial charge >= 0.3 is 5.88 Å². The zero-order chi connectivity index (χ0) is 12.4. The Morgan fingerprint density at radius 3 is 2.88 bits per heavy atom. The highest BCUT2D eigenvalue weighted by molar-refractivity contribution is 9.09. The molecule has 0 bridgehead atoms. The van der Waals surface area contributed by atoms with E-state index in [2.05, 4.69) is 21.2 Å². The Kier molecular flexibility index (Phi) is 3.46. The molecule has 0 spiro atoms. The first-order valence-electron chi connectivity index (χ1n) is 5.24. The van der Waals surface area contributed by atoms with Gasteiger partial charge in [-0.15, -0.1) is 0 Å². The van der Waals surface area contributed by atoms with Crippen LogP contribution in [0.2, 0.25) is 0 Å². The first-order valence-corrected chi connectivity index (χ1v) is 6.16. The zero-order valence-electron chi connectivity index (χ0n) is 8.89. The fraction of sp³-hybridized carbons (Fsp3) is 0.500. The third kappa shape index (κ3) is 3.06. The molecule has 1 fully saturated rings. The van der Waals surface area contributed by atoms with E-state index in [1.165, 1.54) is 25.0 Å². The Bertz CT molecular complexity index is 441. The molecule has 0 radical (unpaired) electrons.